The number of carbonyl (C=O) groups is 1. The zero-order valence-corrected chi connectivity index (χ0v) is 18.4. The largest absolute Gasteiger partial charge is 0.492 e. The second-order valence-corrected chi connectivity index (χ2v) is 7.88. The van der Waals surface area contributed by atoms with Crippen LogP contribution in [0.1, 0.15) is 24.2 Å². The molecule has 33 heavy (non-hydrogen) atoms. The molecule has 0 aliphatic heterocycles. The molecule has 0 spiro atoms. The van der Waals surface area contributed by atoms with Crippen molar-refractivity contribution in [1.29, 1.82) is 0 Å². The molecule has 0 fully saturated rings. The van der Waals surface area contributed by atoms with Crippen molar-refractivity contribution in [2.24, 2.45) is 5.92 Å². The number of alkyl halides is 3. The molecule has 1 aromatic heterocycles. The highest BCUT2D eigenvalue weighted by Crippen LogP contribution is 2.26. The lowest BCUT2D eigenvalue weighted by Gasteiger charge is -2.11. The molecule has 0 saturated carbocycles. The van der Waals surface area contributed by atoms with Crippen molar-refractivity contribution in [1.82, 2.24) is 10.3 Å². The molecule has 3 rings (SSSR count). The van der Waals surface area contributed by atoms with Crippen LogP contribution < -0.4 is 20.1 Å². The normalized spacial score (nSPS) is 11.5. The molecule has 0 aliphatic rings. The smallest absolute Gasteiger partial charge is 0.422 e. The van der Waals surface area contributed by atoms with Crippen LogP contribution in [0.25, 0.3) is 10.8 Å². The van der Waals surface area contributed by atoms with E-state index in [1.165, 1.54) is 6.07 Å². The first-order valence-electron chi connectivity index (χ1n) is 10.5. The molecule has 0 bridgehead atoms. The van der Waals surface area contributed by atoms with Crippen LogP contribution in [0.2, 0.25) is 0 Å². The minimum absolute atomic E-state index is 0.148. The second-order valence-electron chi connectivity index (χ2n) is 7.88. The molecule has 2 aromatic carbocycles. The van der Waals surface area contributed by atoms with Gasteiger partial charge in [0.2, 0.25) is 0 Å². The third kappa shape index (κ3) is 7.85. The van der Waals surface area contributed by atoms with Crippen molar-refractivity contribution in [3.63, 3.8) is 0 Å². The zero-order valence-electron chi connectivity index (χ0n) is 18.4. The number of rotatable bonds is 10. The van der Waals surface area contributed by atoms with Crippen molar-refractivity contribution in [3.8, 4) is 11.5 Å². The number of carbonyl (C=O) groups excluding carboxylic acids is 1. The number of amides is 1. The molecule has 0 radical (unpaired) electrons. The molecule has 0 unspecified atom stereocenters. The molecular formula is C24H26F3N3O3. The van der Waals surface area contributed by atoms with Gasteiger partial charge in [0, 0.05) is 18.3 Å². The fourth-order valence-corrected chi connectivity index (χ4v) is 2.96. The highest BCUT2D eigenvalue weighted by atomic mass is 19.4. The molecule has 1 amide bonds. The number of hydrogen-bond donors (Lipinski definition) is 2. The van der Waals surface area contributed by atoms with Crippen LogP contribution in [0.15, 0.2) is 54.7 Å². The Balaban J connectivity index is 1.48. The molecule has 0 saturated heterocycles. The van der Waals surface area contributed by atoms with Gasteiger partial charge >= 0.3 is 6.18 Å². The Morgan fingerprint density at radius 3 is 2.30 bits per heavy atom. The number of anilines is 1. The number of pyridine rings is 1. The maximum Gasteiger partial charge on any atom is 0.422 e. The highest BCUT2D eigenvalue weighted by Gasteiger charge is 2.28. The first kappa shape index (κ1) is 24.2. The third-order valence-corrected chi connectivity index (χ3v) is 4.56. The molecule has 2 N–H and O–H groups in total. The van der Waals surface area contributed by atoms with Crippen LogP contribution in [-0.2, 0) is 0 Å². The van der Waals surface area contributed by atoms with E-state index in [4.69, 9.17) is 9.47 Å². The maximum atomic E-state index is 12.4. The lowest BCUT2D eigenvalue weighted by Crippen LogP contribution is -2.28. The van der Waals surface area contributed by atoms with E-state index in [1.54, 1.807) is 48.7 Å². The summed E-state index contributed by atoms with van der Waals surface area (Å²) in [5, 5.41) is 7.52. The van der Waals surface area contributed by atoms with E-state index >= 15 is 0 Å². The van der Waals surface area contributed by atoms with E-state index < -0.39 is 12.8 Å². The zero-order chi connectivity index (χ0) is 23.8. The highest BCUT2D eigenvalue weighted by molar-refractivity contribution is 5.94. The van der Waals surface area contributed by atoms with E-state index in [-0.39, 0.29) is 18.3 Å². The van der Waals surface area contributed by atoms with Crippen molar-refractivity contribution in [2.45, 2.75) is 20.0 Å². The van der Waals surface area contributed by atoms with Gasteiger partial charge in [-0.2, -0.15) is 13.2 Å². The van der Waals surface area contributed by atoms with E-state index in [1.807, 2.05) is 0 Å². The summed E-state index contributed by atoms with van der Waals surface area (Å²) < 4.78 is 47.4. The lowest BCUT2D eigenvalue weighted by molar-refractivity contribution is -0.153. The Morgan fingerprint density at radius 1 is 1.00 bits per heavy atom. The predicted molar refractivity (Wildman–Crippen MR) is 121 cm³/mol. The number of nitrogens with zero attached hydrogens (tertiary/aromatic N) is 1. The molecule has 6 nitrogen and oxygen atoms in total. The summed E-state index contributed by atoms with van der Waals surface area (Å²) in [6, 6.07) is 13.3. The average Bonchev–Trinajstić information content (AvgIpc) is 2.78. The lowest BCUT2D eigenvalue weighted by atomic mass is 10.1. The fraction of sp³-hybridized carbons (Fsp3) is 0.333. The van der Waals surface area contributed by atoms with Gasteiger partial charge in [0.15, 0.2) is 6.61 Å². The van der Waals surface area contributed by atoms with Crippen LogP contribution in [0.5, 0.6) is 11.5 Å². The van der Waals surface area contributed by atoms with E-state index in [0.717, 1.165) is 17.3 Å². The van der Waals surface area contributed by atoms with Gasteiger partial charge in [-0.15, -0.1) is 0 Å². The average molecular weight is 461 g/mol. The van der Waals surface area contributed by atoms with Gasteiger partial charge in [-0.1, -0.05) is 26.0 Å². The minimum atomic E-state index is -4.38. The van der Waals surface area contributed by atoms with Crippen LogP contribution >= 0.6 is 0 Å². The minimum Gasteiger partial charge on any atom is -0.492 e. The van der Waals surface area contributed by atoms with E-state index in [0.29, 0.717) is 29.6 Å². The summed E-state index contributed by atoms with van der Waals surface area (Å²) in [5.41, 5.74) is 0.505. The van der Waals surface area contributed by atoms with E-state index in [2.05, 4.69) is 29.5 Å². The standard InChI is InChI=1S/C24H26F3N3O3/c1-16(2)14-30-22-13-19(7-8-28-22)23(31)29-9-10-32-20-5-3-18-12-21(6-4-17(18)11-20)33-15-24(25,26)27/h3-8,11-13,16H,9-10,14-15H2,1-2H3,(H,28,30)(H,29,31). The maximum absolute atomic E-state index is 12.4. The number of nitrogens with one attached hydrogen (secondary N) is 2. The van der Waals surface area contributed by atoms with Crippen LogP contribution in [0, 0.1) is 5.92 Å². The number of halogens is 3. The van der Waals surface area contributed by atoms with Crippen molar-refractivity contribution in [2.75, 3.05) is 31.6 Å². The molecule has 0 aliphatic carbocycles. The predicted octanol–water partition coefficient (Wildman–Crippen LogP) is 5.05. The first-order valence-corrected chi connectivity index (χ1v) is 10.5. The summed E-state index contributed by atoms with van der Waals surface area (Å²) in [6.45, 7) is 4.17. The summed E-state index contributed by atoms with van der Waals surface area (Å²) >= 11 is 0. The van der Waals surface area contributed by atoms with Crippen molar-refractivity contribution < 1.29 is 27.4 Å². The van der Waals surface area contributed by atoms with Crippen LogP contribution in [-0.4, -0.2) is 43.4 Å². The number of aromatic nitrogens is 1. The van der Waals surface area contributed by atoms with Gasteiger partial charge in [-0.3, -0.25) is 4.79 Å². The number of hydrogen-bond acceptors (Lipinski definition) is 5. The Bertz CT molecular complexity index is 1090. The van der Waals surface area contributed by atoms with Gasteiger partial charge in [-0.25, -0.2) is 4.98 Å². The third-order valence-electron chi connectivity index (χ3n) is 4.56. The summed E-state index contributed by atoms with van der Waals surface area (Å²) in [4.78, 5) is 16.6. The molecular weight excluding hydrogens is 435 g/mol. The molecule has 9 heteroatoms. The van der Waals surface area contributed by atoms with E-state index in [9.17, 15) is 18.0 Å². The van der Waals surface area contributed by atoms with Gasteiger partial charge in [-0.05, 0) is 53.1 Å². The summed E-state index contributed by atoms with van der Waals surface area (Å²) in [7, 11) is 0. The van der Waals surface area contributed by atoms with Gasteiger partial charge in [0.25, 0.3) is 5.91 Å². The Labute approximate surface area is 190 Å². The molecule has 3 aromatic rings. The molecule has 0 atom stereocenters. The SMILES string of the molecule is CC(C)CNc1cc(C(=O)NCCOc2ccc3cc(OCC(F)(F)F)ccc3c2)ccn1. The molecule has 176 valence electrons. The van der Waals surface area contributed by atoms with Gasteiger partial charge in [0.05, 0.1) is 6.54 Å². The number of fused-ring (bicyclic) bond motifs is 1. The number of benzene rings is 2. The Hall–Kier alpha value is -3.49. The van der Waals surface area contributed by atoms with Crippen molar-refractivity contribution in [3.05, 3.63) is 60.3 Å². The summed E-state index contributed by atoms with van der Waals surface area (Å²) in [5.74, 6) is 1.62. The van der Waals surface area contributed by atoms with Crippen LogP contribution in [0.4, 0.5) is 19.0 Å². The fourth-order valence-electron chi connectivity index (χ4n) is 2.96. The topological polar surface area (TPSA) is 72.5 Å². The summed E-state index contributed by atoms with van der Waals surface area (Å²) in [6.07, 6.45) is -2.80. The Kier molecular flexibility index (Phi) is 7.97. The quantitative estimate of drug-likeness (QED) is 0.414. The molecule has 1 heterocycles. The first-order chi connectivity index (χ1) is 15.7. The van der Waals surface area contributed by atoms with Gasteiger partial charge in [0.1, 0.15) is 23.9 Å². The second kappa shape index (κ2) is 10.9. The van der Waals surface area contributed by atoms with Crippen LogP contribution in [0.3, 0.4) is 0 Å². The monoisotopic (exact) mass is 461 g/mol. The van der Waals surface area contributed by atoms with Crippen molar-refractivity contribution >= 4 is 22.5 Å². The Morgan fingerprint density at radius 2 is 1.67 bits per heavy atom. The van der Waals surface area contributed by atoms with Gasteiger partial charge < -0.3 is 20.1 Å². The number of ether oxygens (including phenoxy) is 2.